The number of hydrogen-bond donors (Lipinski definition) is 0. The molecule has 0 N–H and O–H groups in total. The van der Waals surface area contributed by atoms with Crippen LogP contribution in [0.4, 0.5) is 0 Å². The first-order valence-electron chi connectivity index (χ1n) is 5.72. The van der Waals surface area contributed by atoms with E-state index in [2.05, 4.69) is 4.98 Å². The van der Waals surface area contributed by atoms with Gasteiger partial charge in [-0.1, -0.05) is 48.5 Å². The van der Waals surface area contributed by atoms with Crippen LogP contribution in [0, 0.1) is 0 Å². The molecule has 0 amide bonds. The van der Waals surface area contributed by atoms with E-state index in [1.54, 1.807) is 6.07 Å². The summed E-state index contributed by atoms with van der Waals surface area (Å²) in [6, 6.07) is 19.6. The van der Waals surface area contributed by atoms with Crippen LogP contribution in [-0.2, 0) is 4.79 Å². The van der Waals surface area contributed by atoms with E-state index in [1.165, 1.54) is 0 Å². The Hall–Kier alpha value is -2.48. The smallest absolute Gasteiger partial charge is 0.253 e. The normalized spacial score (nSPS) is 10.4. The Morgan fingerprint density at radius 1 is 0.889 bits per heavy atom. The number of hydrogen-bond acceptors (Lipinski definition) is 2. The maximum atomic E-state index is 10.8. The van der Waals surface area contributed by atoms with Gasteiger partial charge in [-0.05, 0) is 23.3 Å². The summed E-state index contributed by atoms with van der Waals surface area (Å²) in [5, 5.41) is 1.04. The number of rotatable bonds is 2. The molecule has 0 fully saturated rings. The van der Waals surface area contributed by atoms with Crippen LogP contribution in [0.15, 0.2) is 60.7 Å². The standard InChI is InChI=1S/C16H10NO/c18-11-13-10-15(12-6-2-1-3-7-12)14-8-4-5-9-16(14)17-13/h1-10H. The van der Waals surface area contributed by atoms with E-state index >= 15 is 0 Å². The third-order valence-corrected chi connectivity index (χ3v) is 2.91. The largest absolute Gasteiger partial charge is 0.283 e. The Kier molecular flexibility index (Phi) is 2.61. The fourth-order valence-corrected chi connectivity index (χ4v) is 2.08. The van der Waals surface area contributed by atoms with Crippen molar-refractivity contribution < 1.29 is 4.79 Å². The molecule has 0 saturated heterocycles. The average Bonchev–Trinajstić information content (AvgIpc) is 2.47. The van der Waals surface area contributed by atoms with Crippen molar-refractivity contribution in [2.75, 3.05) is 0 Å². The van der Waals surface area contributed by atoms with E-state index in [0.29, 0.717) is 5.69 Å². The summed E-state index contributed by atoms with van der Waals surface area (Å²) in [7, 11) is 0. The van der Waals surface area contributed by atoms with E-state index in [1.807, 2.05) is 60.9 Å². The van der Waals surface area contributed by atoms with Crippen LogP contribution < -0.4 is 0 Å². The number of aromatic nitrogens is 1. The lowest BCUT2D eigenvalue weighted by Crippen LogP contribution is -1.91. The van der Waals surface area contributed by atoms with Crippen molar-refractivity contribution in [1.29, 1.82) is 0 Å². The van der Waals surface area contributed by atoms with Gasteiger partial charge >= 0.3 is 0 Å². The summed E-state index contributed by atoms with van der Waals surface area (Å²) >= 11 is 0. The zero-order chi connectivity index (χ0) is 12.4. The zero-order valence-corrected chi connectivity index (χ0v) is 9.63. The molecule has 3 aromatic rings. The van der Waals surface area contributed by atoms with Crippen molar-refractivity contribution >= 4 is 17.2 Å². The SMILES string of the molecule is O=[C]c1cc(-c2ccccc2)c2ccccc2n1. The topological polar surface area (TPSA) is 30.0 Å². The molecule has 1 heterocycles. The van der Waals surface area contributed by atoms with Gasteiger partial charge < -0.3 is 0 Å². The number of fused-ring (bicyclic) bond motifs is 1. The second-order valence-corrected chi connectivity index (χ2v) is 4.04. The summed E-state index contributed by atoms with van der Waals surface area (Å²) < 4.78 is 0. The van der Waals surface area contributed by atoms with Gasteiger partial charge in [0.25, 0.3) is 6.29 Å². The van der Waals surface area contributed by atoms with Gasteiger partial charge in [-0.25, -0.2) is 4.98 Å². The third-order valence-electron chi connectivity index (χ3n) is 2.91. The maximum absolute atomic E-state index is 10.8. The van der Waals surface area contributed by atoms with Crippen LogP contribution in [0.3, 0.4) is 0 Å². The summed E-state index contributed by atoms with van der Waals surface area (Å²) in [5.74, 6) is 0. The first-order valence-corrected chi connectivity index (χ1v) is 5.72. The second-order valence-electron chi connectivity index (χ2n) is 4.04. The molecule has 1 aromatic heterocycles. The minimum Gasteiger partial charge on any atom is -0.283 e. The molecule has 18 heavy (non-hydrogen) atoms. The molecule has 0 aliphatic rings. The number of para-hydroxylation sites is 1. The molecule has 0 atom stereocenters. The van der Waals surface area contributed by atoms with Gasteiger partial charge in [-0.15, -0.1) is 0 Å². The molecule has 0 saturated carbocycles. The minimum atomic E-state index is 0.340. The third kappa shape index (κ3) is 1.78. The molecular weight excluding hydrogens is 222 g/mol. The summed E-state index contributed by atoms with van der Waals surface area (Å²) in [6.45, 7) is 0. The van der Waals surface area contributed by atoms with Crippen molar-refractivity contribution in [3.8, 4) is 11.1 Å². The fraction of sp³-hybridized carbons (Fsp3) is 0. The van der Waals surface area contributed by atoms with E-state index in [0.717, 1.165) is 22.0 Å². The molecule has 0 aliphatic heterocycles. The Labute approximate surface area is 105 Å². The Bertz CT molecular complexity index is 705. The van der Waals surface area contributed by atoms with Crippen molar-refractivity contribution in [2.24, 2.45) is 0 Å². The van der Waals surface area contributed by atoms with Crippen LogP contribution in [0.2, 0.25) is 0 Å². The van der Waals surface area contributed by atoms with Gasteiger partial charge in [0.2, 0.25) is 0 Å². The van der Waals surface area contributed by atoms with E-state index in [9.17, 15) is 4.79 Å². The van der Waals surface area contributed by atoms with E-state index in [-0.39, 0.29) is 0 Å². The van der Waals surface area contributed by atoms with Crippen LogP contribution in [0.25, 0.3) is 22.0 Å². The van der Waals surface area contributed by atoms with E-state index < -0.39 is 0 Å². The van der Waals surface area contributed by atoms with Crippen molar-refractivity contribution in [3.63, 3.8) is 0 Å². The summed E-state index contributed by atoms with van der Waals surface area (Å²) in [4.78, 5) is 15.1. The second kappa shape index (κ2) is 4.41. The maximum Gasteiger partial charge on any atom is 0.253 e. The quantitative estimate of drug-likeness (QED) is 0.678. The molecule has 85 valence electrons. The molecule has 2 aromatic carbocycles. The van der Waals surface area contributed by atoms with E-state index in [4.69, 9.17) is 0 Å². The van der Waals surface area contributed by atoms with Crippen molar-refractivity contribution in [3.05, 3.63) is 66.4 Å². The highest BCUT2D eigenvalue weighted by atomic mass is 16.1. The van der Waals surface area contributed by atoms with Gasteiger partial charge in [-0.3, -0.25) is 4.79 Å². The predicted molar refractivity (Wildman–Crippen MR) is 72.0 cm³/mol. The molecule has 0 unspecified atom stereocenters. The lowest BCUT2D eigenvalue weighted by molar-refractivity contribution is 0.561. The van der Waals surface area contributed by atoms with Gasteiger partial charge in [0.05, 0.1) is 5.52 Å². The lowest BCUT2D eigenvalue weighted by atomic mass is 10.0. The number of pyridine rings is 1. The Morgan fingerprint density at radius 3 is 2.39 bits per heavy atom. The highest BCUT2D eigenvalue weighted by molar-refractivity contribution is 5.97. The monoisotopic (exact) mass is 232 g/mol. The minimum absolute atomic E-state index is 0.340. The first-order chi connectivity index (χ1) is 8.88. The molecular formula is C16H10NO. The van der Waals surface area contributed by atoms with Crippen molar-refractivity contribution in [2.45, 2.75) is 0 Å². The predicted octanol–water partition coefficient (Wildman–Crippen LogP) is 3.36. The molecule has 0 aliphatic carbocycles. The molecule has 0 bridgehead atoms. The van der Waals surface area contributed by atoms with Crippen molar-refractivity contribution in [1.82, 2.24) is 4.98 Å². The van der Waals surface area contributed by atoms with Gasteiger partial charge in [-0.2, -0.15) is 0 Å². The molecule has 3 rings (SSSR count). The molecule has 2 heteroatoms. The van der Waals surface area contributed by atoms with Gasteiger partial charge in [0, 0.05) is 5.39 Å². The highest BCUT2D eigenvalue weighted by Gasteiger charge is 2.07. The van der Waals surface area contributed by atoms with Crippen LogP contribution in [0.1, 0.15) is 5.69 Å². The Balaban J connectivity index is 2.36. The van der Waals surface area contributed by atoms with Gasteiger partial charge in [0.1, 0.15) is 5.69 Å². The highest BCUT2D eigenvalue weighted by Crippen LogP contribution is 2.27. The van der Waals surface area contributed by atoms with Crippen LogP contribution in [-0.4, -0.2) is 11.3 Å². The number of carbonyl (C=O) groups excluding carboxylic acids is 1. The zero-order valence-electron chi connectivity index (χ0n) is 9.63. The number of nitrogens with zero attached hydrogens (tertiary/aromatic N) is 1. The van der Waals surface area contributed by atoms with Crippen LogP contribution >= 0.6 is 0 Å². The Morgan fingerprint density at radius 2 is 1.61 bits per heavy atom. The molecule has 2 nitrogen and oxygen atoms in total. The fourth-order valence-electron chi connectivity index (χ4n) is 2.08. The molecule has 0 spiro atoms. The lowest BCUT2D eigenvalue weighted by Gasteiger charge is -2.07. The summed E-state index contributed by atoms with van der Waals surface area (Å²) in [5.41, 5.74) is 3.25. The van der Waals surface area contributed by atoms with Crippen LogP contribution in [0.5, 0.6) is 0 Å². The average molecular weight is 232 g/mol. The van der Waals surface area contributed by atoms with Gasteiger partial charge in [0.15, 0.2) is 0 Å². The first kappa shape index (κ1) is 10.7. The molecule has 1 radical (unpaired) electrons. The summed E-state index contributed by atoms with van der Waals surface area (Å²) in [6.07, 6.45) is 1.87. The number of benzene rings is 2.